The van der Waals surface area contributed by atoms with Crippen molar-refractivity contribution < 1.29 is 4.79 Å². The Kier molecular flexibility index (Phi) is 1.89. The summed E-state index contributed by atoms with van der Waals surface area (Å²) in [6.07, 6.45) is 4.94. The third kappa shape index (κ3) is 1.52. The predicted octanol–water partition coefficient (Wildman–Crippen LogP) is 0.491. The molecule has 2 nitrogen and oxygen atoms in total. The number of hydrogen-bond acceptors (Lipinski definition) is 1. The summed E-state index contributed by atoms with van der Waals surface area (Å²) in [5.74, 6) is 0.0995. The molecule has 2 heteroatoms. The van der Waals surface area contributed by atoms with E-state index in [1.807, 2.05) is 0 Å². The molecule has 1 radical (unpaired) electrons. The number of carbonyl (C=O) groups excluding carboxylic acids is 1. The molecule has 0 saturated carbocycles. The first-order valence-electron chi connectivity index (χ1n) is 3.00. The van der Waals surface area contributed by atoms with Crippen LogP contribution in [0.4, 0.5) is 0 Å². The highest BCUT2D eigenvalue weighted by atomic mass is 16.1. The number of carbonyl (C=O) groups is 1. The topological polar surface area (TPSA) is 29.1 Å². The Morgan fingerprint density at radius 1 is 1.50 bits per heavy atom. The summed E-state index contributed by atoms with van der Waals surface area (Å²) in [4.78, 5) is 10.5. The molecule has 1 aliphatic heterocycles. The van der Waals surface area contributed by atoms with E-state index in [1.165, 1.54) is 0 Å². The van der Waals surface area contributed by atoms with E-state index >= 15 is 0 Å². The molecule has 1 heterocycles. The SMILES string of the molecule is O=C1[CH]CCCCN1. The lowest BCUT2D eigenvalue weighted by atomic mass is 10.2. The minimum absolute atomic E-state index is 0.0995. The molecule has 0 aliphatic carbocycles. The second-order valence-electron chi connectivity index (χ2n) is 1.99. The second-order valence-corrected chi connectivity index (χ2v) is 1.99. The van der Waals surface area contributed by atoms with E-state index in [9.17, 15) is 4.79 Å². The van der Waals surface area contributed by atoms with Crippen LogP contribution in [0.3, 0.4) is 0 Å². The fourth-order valence-electron chi connectivity index (χ4n) is 0.786. The van der Waals surface area contributed by atoms with Gasteiger partial charge in [0.1, 0.15) is 0 Å². The largest absolute Gasteiger partial charge is 0.356 e. The molecular weight excluding hydrogens is 102 g/mol. The molecule has 45 valence electrons. The van der Waals surface area contributed by atoms with E-state index in [2.05, 4.69) is 5.32 Å². The molecule has 1 aliphatic rings. The molecule has 0 spiro atoms. The summed E-state index contributed by atoms with van der Waals surface area (Å²) in [6.45, 7) is 0.856. The van der Waals surface area contributed by atoms with Gasteiger partial charge in [-0.25, -0.2) is 0 Å². The maximum atomic E-state index is 10.5. The Labute approximate surface area is 49.3 Å². The summed E-state index contributed by atoms with van der Waals surface area (Å²) >= 11 is 0. The first kappa shape index (κ1) is 5.60. The van der Waals surface area contributed by atoms with Gasteiger partial charge in [-0.05, 0) is 12.8 Å². The fourth-order valence-corrected chi connectivity index (χ4v) is 0.786. The van der Waals surface area contributed by atoms with Gasteiger partial charge in [0, 0.05) is 13.0 Å². The summed E-state index contributed by atoms with van der Waals surface area (Å²) < 4.78 is 0. The zero-order valence-electron chi connectivity index (χ0n) is 4.81. The van der Waals surface area contributed by atoms with Crippen LogP contribution in [0.25, 0.3) is 0 Å². The number of rotatable bonds is 0. The molecule has 0 aromatic heterocycles. The van der Waals surface area contributed by atoms with Gasteiger partial charge in [0.05, 0.1) is 0 Å². The molecule has 0 aromatic carbocycles. The van der Waals surface area contributed by atoms with Crippen LogP contribution in [0.15, 0.2) is 0 Å². The summed E-state index contributed by atoms with van der Waals surface area (Å²) in [6, 6.07) is 0. The first-order valence-corrected chi connectivity index (χ1v) is 3.00. The van der Waals surface area contributed by atoms with Crippen molar-refractivity contribution in [3.05, 3.63) is 6.42 Å². The average molecular weight is 112 g/mol. The number of nitrogens with one attached hydrogen (secondary N) is 1. The zero-order chi connectivity index (χ0) is 5.82. The van der Waals surface area contributed by atoms with Gasteiger partial charge in [0.25, 0.3) is 0 Å². The number of amides is 1. The van der Waals surface area contributed by atoms with E-state index in [1.54, 1.807) is 6.42 Å². The molecule has 0 aromatic rings. The van der Waals surface area contributed by atoms with Crippen LogP contribution in [0.5, 0.6) is 0 Å². The highest BCUT2D eigenvalue weighted by Gasteiger charge is 2.03. The van der Waals surface area contributed by atoms with Crippen LogP contribution in [0, 0.1) is 6.42 Å². The third-order valence-corrected chi connectivity index (χ3v) is 1.26. The van der Waals surface area contributed by atoms with Crippen molar-refractivity contribution in [2.75, 3.05) is 6.54 Å². The van der Waals surface area contributed by atoms with Crippen molar-refractivity contribution in [1.29, 1.82) is 0 Å². The van der Waals surface area contributed by atoms with Crippen molar-refractivity contribution >= 4 is 5.91 Å². The Hall–Kier alpha value is -0.530. The van der Waals surface area contributed by atoms with Gasteiger partial charge < -0.3 is 5.32 Å². The minimum atomic E-state index is 0.0995. The van der Waals surface area contributed by atoms with Crippen molar-refractivity contribution in [3.63, 3.8) is 0 Å². The second kappa shape index (κ2) is 2.70. The van der Waals surface area contributed by atoms with Gasteiger partial charge in [0.2, 0.25) is 5.91 Å². The molecule has 1 fully saturated rings. The van der Waals surface area contributed by atoms with E-state index in [0.29, 0.717) is 0 Å². The van der Waals surface area contributed by atoms with Crippen molar-refractivity contribution in [3.8, 4) is 0 Å². The smallest absolute Gasteiger partial charge is 0.223 e. The monoisotopic (exact) mass is 112 g/mol. The number of hydrogen-bond donors (Lipinski definition) is 1. The van der Waals surface area contributed by atoms with E-state index in [-0.39, 0.29) is 5.91 Å². The first-order chi connectivity index (χ1) is 3.89. The predicted molar refractivity (Wildman–Crippen MR) is 31.2 cm³/mol. The Morgan fingerprint density at radius 2 is 2.38 bits per heavy atom. The summed E-state index contributed by atoms with van der Waals surface area (Å²) in [5, 5.41) is 2.75. The molecular formula is C6H10NO. The van der Waals surface area contributed by atoms with Crippen LogP contribution in [-0.2, 0) is 4.79 Å². The normalized spacial score (nSPS) is 21.8. The van der Waals surface area contributed by atoms with E-state index < -0.39 is 0 Å². The van der Waals surface area contributed by atoms with Gasteiger partial charge in [-0.15, -0.1) is 0 Å². The molecule has 1 amide bonds. The van der Waals surface area contributed by atoms with E-state index in [0.717, 1.165) is 25.8 Å². The third-order valence-electron chi connectivity index (χ3n) is 1.26. The minimum Gasteiger partial charge on any atom is -0.356 e. The Morgan fingerprint density at radius 3 is 3.25 bits per heavy atom. The van der Waals surface area contributed by atoms with Crippen LogP contribution in [0.1, 0.15) is 19.3 Å². The van der Waals surface area contributed by atoms with Crippen molar-refractivity contribution in [2.24, 2.45) is 0 Å². The van der Waals surface area contributed by atoms with Gasteiger partial charge >= 0.3 is 0 Å². The molecule has 0 unspecified atom stereocenters. The highest BCUT2D eigenvalue weighted by molar-refractivity contribution is 5.84. The van der Waals surface area contributed by atoms with E-state index in [4.69, 9.17) is 0 Å². The van der Waals surface area contributed by atoms with Gasteiger partial charge in [-0.2, -0.15) is 0 Å². The fraction of sp³-hybridized carbons (Fsp3) is 0.667. The Bertz CT molecular complexity index is 80.5. The van der Waals surface area contributed by atoms with Crippen LogP contribution in [-0.4, -0.2) is 12.5 Å². The standard InChI is InChI=1S/C6H10NO/c8-6-4-2-1-3-5-7-6/h4H,1-3,5H2,(H,7,8). The lowest BCUT2D eigenvalue weighted by Gasteiger charge is -1.93. The highest BCUT2D eigenvalue weighted by Crippen LogP contribution is 2.01. The molecule has 0 bridgehead atoms. The average Bonchev–Trinajstić information content (AvgIpc) is 1.94. The van der Waals surface area contributed by atoms with Crippen LogP contribution >= 0.6 is 0 Å². The lowest BCUT2D eigenvalue weighted by molar-refractivity contribution is -0.117. The van der Waals surface area contributed by atoms with Crippen molar-refractivity contribution in [1.82, 2.24) is 5.32 Å². The maximum Gasteiger partial charge on any atom is 0.223 e. The van der Waals surface area contributed by atoms with Gasteiger partial charge in [-0.1, -0.05) is 6.42 Å². The zero-order valence-corrected chi connectivity index (χ0v) is 4.81. The maximum absolute atomic E-state index is 10.5. The molecule has 1 N–H and O–H groups in total. The molecule has 1 saturated heterocycles. The molecule has 0 atom stereocenters. The van der Waals surface area contributed by atoms with Crippen LogP contribution in [0.2, 0.25) is 0 Å². The van der Waals surface area contributed by atoms with Crippen molar-refractivity contribution in [2.45, 2.75) is 19.3 Å². The van der Waals surface area contributed by atoms with Gasteiger partial charge in [-0.3, -0.25) is 4.79 Å². The summed E-state index contributed by atoms with van der Waals surface area (Å²) in [7, 11) is 0. The summed E-state index contributed by atoms with van der Waals surface area (Å²) in [5.41, 5.74) is 0. The molecule has 8 heavy (non-hydrogen) atoms. The van der Waals surface area contributed by atoms with Gasteiger partial charge in [0.15, 0.2) is 0 Å². The quantitative estimate of drug-likeness (QED) is 0.485. The van der Waals surface area contributed by atoms with Crippen LogP contribution < -0.4 is 5.32 Å². The molecule has 1 rings (SSSR count). The Balaban J connectivity index is 2.27. The lowest BCUT2D eigenvalue weighted by Crippen LogP contribution is -2.21.